The summed E-state index contributed by atoms with van der Waals surface area (Å²) < 4.78 is 10.7. The second kappa shape index (κ2) is 7.02. The number of rotatable bonds is 4. The molecule has 0 unspecified atom stereocenters. The highest BCUT2D eigenvalue weighted by atomic mass is 32.1. The minimum absolute atomic E-state index is 0.182. The molecule has 0 aliphatic carbocycles. The van der Waals surface area contributed by atoms with Crippen molar-refractivity contribution in [3.05, 3.63) is 62.5 Å². The van der Waals surface area contributed by atoms with Crippen LogP contribution in [0.1, 0.15) is 10.6 Å². The number of nitro groups is 1. The second-order valence-electron chi connectivity index (χ2n) is 5.78. The number of ether oxygens (including phenoxy) is 2. The Morgan fingerprint density at radius 2 is 2.11 bits per heavy atom. The maximum absolute atomic E-state index is 11.0. The minimum atomic E-state index is -0.681. The third-order valence-corrected chi connectivity index (χ3v) is 4.91. The number of nitrogens with zero attached hydrogens (tertiary/aromatic N) is 3. The smallest absolute Gasteiger partial charge is 0.311 e. The van der Waals surface area contributed by atoms with E-state index >= 15 is 0 Å². The first-order chi connectivity index (χ1) is 13.5. The molecule has 0 amide bonds. The van der Waals surface area contributed by atoms with Gasteiger partial charge in [0, 0.05) is 17.0 Å². The maximum Gasteiger partial charge on any atom is 0.311 e. The van der Waals surface area contributed by atoms with E-state index in [9.17, 15) is 20.5 Å². The molecule has 138 valence electrons. The van der Waals surface area contributed by atoms with Crippen molar-refractivity contribution in [1.29, 1.82) is 5.26 Å². The molecule has 0 saturated heterocycles. The highest BCUT2D eigenvalue weighted by Crippen LogP contribution is 2.37. The Balaban J connectivity index is 1.67. The van der Waals surface area contributed by atoms with Crippen molar-refractivity contribution in [3.63, 3.8) is 0 Å². The van der Waals surface area contributed by atoms with Crippen LogP contribution in [0.15, 0.2) is 41.8 Å². The average Bonchev–Trinajstić information content (AvgIpc) is 3.35. The second-order valence-corrected chi connectivity index (χ2v) is 6.64. The summed E-state index contributed by atoms with van der Waals surface area (Å²) in [6.07, 6.45) is 1.49. The van der Waals surface area contributed by atoms with Gasteiger partial charge in [-0.25, -0.2) is 4.98 Å². The molecule has 1 aromatic heterocycles. The lowest BCUT2D eigenvalue weighted by atomic mass is 10.1. The lowest BCUT2D eigenvalue weighted by molar-refractivity contribution is -0.385. The van der Waals surface area contributed by atoms with Gasteiger partial charge in [-0.3, -0.25) is 10.1 Å². The fourth-order valence-electron chi connectivity index (χ4n) is 2.67. The van der Waals surface area contributed by atoms with Crippen LogP contribution in [0.5, 0.6) is 17.2 Å². The summed E-state index contributed by atoms with van der Waals surface area (Å²) in [5, 5.41) is 32.3. The van der Waals surface area contributed by atoms with Gasteiger partial charge in [-0.15, -0.1) is 11.3 Å². The van der Waals surface area contributed by atoms with Crippen molar-refractivity contribution in [2.24, 2.45) is 0 Å². The van der Waals surface area contributed by atoms with Gasteiger partial charge in [0.2, 0.25) is 6.79 Å². The summed E-state index contributed by atoms with van der Waals surface area (Å²) in [4.78, 5) is 14.8. The number of nitriles is 1. The summed E-state index contributed by atoms with van der Waals surface area (Å²) in [6.45, 7) is 0.182. The van der Waals surface area contributed by atoms with Crippen LogP contribution in [-0.2, 0) is 0 Å². The Bertz CT molecular complexity index is 1160. The molecule has 2 heterocycles. The van der Waals surface area contributed by atoms with Crippen molar-refractivity contribution in [2.75, 3.05) is 6.79 Å². The molecular formula is C19H11N3O5S. The van der Waals surface area contributed by atoms with E-state index in [1.165, 1.54) is 35.6 Å². The largest absolute Gasteiger partial charge is 0.502 e. The molecule has 8 nitrogen and oxygen atoms in total. The molecule has 1 aliphatic heterocycles. The highest BCUT2D eigenvalue weighted by Gasteiger charge is 2.17. The first-order valence-corrected chi connectivity index (χ1v) is 8.88. The van der Waals surface area contributed by atoms with E-state index in [1.807, 2.05) is 17.5 Å². The predicted octanol–water partition coefficient (Wildman–Crippen LogP) is 4.22. The number of phenolic OH excluding ortho intramolecular Hbond substituents is 1. The predicted molar refractivity (Wildman–Crippen MR) is 102 cm³/mol. The fraction of sp³-hybridized carbons (Fsp3) is 0.0526. The molecule has 0 atom stereocenters. The first kappa shape index (κ1) is 17.5. The van der Waals surface area contributed by atoms with Crippen molar-refractivity contribution in [3.8, 4) is 34.6 Å². The third-order valence-electron chi connectivity index (χ3n) is 4.03. The standard InChI is InChI=1S/C19H11N3O5S/c20-8-13(5-11-1-3-16(23)15(6-11)22(24)25)19-21-14(9-28-19)12-2-4-17-18(7-12)27-10-26-17/h1-7,9,23H,10H2. The number of hydrogen-bond donors (Lipinski definition) is 1. The normalized spacial score (nSPS) is 12.6. The Hall–Kier alpha value is -3.90. The van der Waals surface area contributed by atoms with E-state index in [2.05, 4.69) is 11.1 Å². The Labute approximate surface area is 162 Å². The third kappa shape index (κ3) is 3.24. The van der Waals surface area contributed by atoms with Gasteiger partial charge in [0.25, 0.3) is 0 Å². The van der Waals surface area contributed by atoms with Crippen molar-refractivity contribution >= 4 is 28.7 Å². The lowest BCUT2D eigenvalue weighted by Crippen LogP contribution is -1.92. The number of fused-ring (bicyclic) bond motifs is 1. The Kier molecular flexibility index (Phi) is 4.39. The Morgan fingerprint density at radius 3 is 2.89 bits per heavy atom. The van der Waals surface area contributed by atoms with Gasteiger partial charge in [-0.2, -0.15) is 5.26 Å². The molecule has 1 aliphatic rings. The molecule has 0 spiro atoms. The van der Waals surface area contributed by atoms with Crippen molar-refractivity contribution in [2.45, 2.75) is 0 Å². The number of thiazole rings is 1. The summed E-state index contributed by atoms with van der Waals surface area (Å²) >= 11 is 1.29. The molecule has 3 aromatic rings. The number of nitro benzene ring substituents is 1. The van der Waals surface area contributed by atoms with Gasteiger partial charge in [0.15, 0.2) is 17.2 Å². The van der Waals surface area contributed by atoms with Gasteiger partial charge in [0.1, 0.15) is 11.1 Å². The van der Waals surface area contributed by atoms with Gasteiger partial charge in [0.05, 0.1) is 16.2 Å². The molecule has 28 heavy (non-hydrogen) atoms. The average molecular weight is 393 g/mol. The molecule has 0 saturated carbocycles. The maximum atomic E-state index is 11.0. The summed E-state index contributed by atoms with van der Waals surface area (Å²) in [7, 11) is 0. The number of hydrogen-bond acceptors (Lipinski definition) is 8. The number of benzene rings is 2. The summed E-state index contributed by atoms with van der Waals surface area (Å²) in [5.74, 6) is 0.880. The molecule has 0 fully saturated rings. The van der Waals surface area contributed by atoms with Crippen LogP contribution in [-0.4, -0.2) is 21.8 Å². The molecule has 9 heteroatoms. The summed E-state index contributed by atoms with van der Waals surface area (Å²) in [5.41, 5.74) is 1.75. The molecule has 1 N–H and O–H groups in total. The van der Waals surface area contributed by atoms with Crippen LogP contribution >= 0.6 is 11.3 Å². The number of aromatic nitrogens is 1. The zero-order chi connectivity index (χ0) is 19.7. The molecule has 0 bridgehead atoms. The Morgan fingerprint density at radius 1 is 1.29 bits per heavy atom. The van der Waals surface area contributed by atoms with Crippen molar-refractivity contribution < 1.29 is 19.5 Å². The van der Waals surface area contributed by atoms with Gasteiger partial charge >= 0.3 is 5.69 Å². The number of allylic oxidation sites excluding steroid dienone is 1. The van der Waals surface area contributed by atoms with Crippen LogP contribution in [0.4, 0.5) is 5.69 Å². The zero-order valence-electron chi connectivity index (χ0n) is 14.2. The minimum Gasteiger partial charge on any atom is -0.502 e. The summed E-state index contributed by atoms with van der Waals surface area (Å²) in [6, 6.07) is 11.5. The number of phenols is 1. The zero-order valence-corrected chi connectivity index (χ0v) is 15.0. The van der Waals surface area contributed by atoms with Crippen LogP contribution in [0.25, 0.3) is 22.9 Å². The lowest BCUT2D eigenvalue weighted by Gasteiger charge is -2.00. The van der Waals surface area contributed by atoms with E-state index < -0.39 is 16.4 Å². The van der Waals surface area contributed by atoms with Crippen LogP contribution in [0, 0.1) is 21.4 Å². The van der Waals surface area contributed by atoms with E-state index in [-0.39, 0.29) is 12.4 Å². The first-order valence-electron chi connectivity index (χ1n) is 8.00. The SMILES string of the molecule is N#CC(=Cc1ccc(O)c([N+](=O)[O-])c1)c1nc(-c2ccc3c(c2)OCO3)cs1. The molecule has 0 radical (unpaired) electrons. The fourth-order valence-corrected chi connectivity index (χ4v) is 3.47. The van der Waals surface area contributed by atoms with E-state index in [0.29, 0.717) is 27.8 Å². The quantitative estimate of drug-likeness (QED) is 0.400. The monoisotopic (exact) mass is 393 g/mol. The van der Waals surface area contributed by atoms with Crippen LogP contribution < -0.4 is 9.47 Å². The van der Waals surface area contributed by atoms with Gasteiger partial charge in [-0.1, -0.05) is 6.07 Å². The van der Waals surface area contributed by atoms with E-state index in [0.717, 1.165) is 5.56 Å². The van der Waals surface area contributed by atoms with Crippen LogP contribution in [0.3, 0.4) is 0 Å². The van der Waals surface area contributed by atoms with E-state index in [4.69, 9.17) is 9.47 Å². The highest BCUT2D eigenvalue weighted by molar-refractivity contribution is 7.11. The molecule has 4 rings (SSSR count). The molecular weight excluding hydrogens is 382 g/mol. The van der Waals surface area contributed by atoms with Gasteiger partial charge in [-0.05, 0) is 35.9 Å². The van der Waals surface area contributed by atoms with Gasteiger partial charge < -0.3 is 14.6 Å². The van der Waals surface area contributed by atoms with E-state index in [1.54, 1.807) is 6.07 Å². The van der Waals surface area contributed by atoms with Crippen molar-refractivity contribution in [1.82, 2.24) is 4.98 Å². The topological polar surface area (TPSA) is 119 Å². The van der Waals surface area contributed by atoms with Crippen LogP contribution in [0.2, 0.25) is 0 Å². The number of aromatic hydroxyl groups is 1. The molecule has 2 aromatic carbocycles.